The fraction of sp³-hybridized carbons (Fsp3) is 0.143. The molecule has 4 aromatic rings. The van der Waals surface area contributed by atoms with Crippen LogP contribution in [-0.2, 0) is 9.84 Å². The van der Waals surface area contributed by atoms with Crippen LogP contribution in [0.5, 0.6) is 0 Å². The maximum atomic E-state index is 12.8. The Morgan fingerprint density at radius 1 is 1.19 bits per heavy atom. The molecule has 0 fully saturated rings. The van der Waals surface area contributed by atoms with Gasteiger partial charge >= 0.3 is 0 Å². The van der Waals surface area contributed by atoms with E-state index in [-0.39, 0.29) is 16.2 Å². The standard InChI is InChI=1S/C21H18N4O4S2/c1-12-7-8-22-18(13(12)2)17-11-30-21(24-17)25-20(26)16-10-23-29-19(16)14-5-4-6-15(9-14)31(3,27)28/h4-11H,1-3H3,(H,24,25,26). The average molecular weight is 455 g/mol. The SMILES string of the molecule is Cc1ccnc(-c2csc(NC(=O)c3cnoc3-c3cccc(S(C)(=O)=O)c3)n2)c1C. The maximum Gasteiger partial charge on any atom is 0.263 e. The number of carbonyl (C=O) groups is 1. The normalized spacial score (nSPS) is 11.5. The number of benzene rings is 1. The maximum absolute atomic E-state index is 12.8. The number of thiazole rings is 1. The molecule has 0 radical (unpaired) electrons. The van der Waals surface area contributed by atoms with Crippen LogP contribution in [0.4, 0.5) is 5.13 Å². The first kappa shape index (κ1) is 20.9. The molecule has 3 heterocycles. The molecule has 0 unspecified atom stereocenters. The van der Waals surface area contributed by atoms with Gasteiger partial charge in [-0.15, -0.1) is 11.3 Å². The van der Waals surface area contributed by atoms with Gasteiger partial charge in [-0.25, -0.2) is 13.4 Å². The third kappa shape index (κ3) is 4.25. The monoisotopic (exact) mass is 454 g/mol. The molecule has 4 rings (SSSR count). The summed E-state index contributed by atoms with van der Waals surface area (Å²) < 4.78 is 28.9. The van der Waals surface area contributed by atoms with Gasteiger partial charge in [-0.2, -0.15) is 0 Å². The number of amides is 1. The van der Waals surface area contributed by atoms with Crippen molar-refractivity contribution in [1.29, 1.82) is 0 Å². The van der Waals surface area contributed by atoms with Crippen molar-refractivity contribution >= 4 is 32.2 Å². The Morgan fingerprint density at radius 2 is 2.00 bits per heavy atom. The number of pyridine rings is 1. The molecule has 1 aromatic carbocycles. The largest absolute Gasteiger partial charge is 0.355 e. The van der Waals surface area contributed by atoms with Crippen LogP contribution in [0.2, 0.25) is 0 Å². The summed E-state index contributed by atoms with van der Waals surface area (Å²) in [5, 5.41) is 8.69. The van der Waals surface area contributed by atoms with Gasteiger partial charge < -0.3 is 4.52 Å². The first-order chi connectivity index (χ1) is 14.7. The summed E-state index contributed by atoms with van der Waals surface area (Å²) in [6.07, 6.45) is 4.13. The van der Waals surface area contributed by atoms with Gasteiger partial charge in [0.05, 0.1) is 16.8 Å². The zero-order chi connectivity index (χ0) is 22.2. The molecule has 0 spiro atoms. The van der Waals surface area contributed by atoms with Crippen molar-refractivity contribution in [3.63, 3.8) is 0 Å². The highest BCUT2D eigenvalue weighted by molar-refractivity contribution is 7.90. The van der Waals surface area contributed by atoms with Gasteiger partial charge in [0, 0.05) is 23.4 Å². The molecular formula is C21H18N4O4S2. The van der Waals surface area contributed by atoms with Crippen LogP contribution in [0.15, 0.2) is 57.5 Å². The second-order valence-electron chi connectivity index (χ2n) is 6.96. The topological polar surface area (TPSA) is 115 Å². The van der Waals surface area contributed by atoms with E-state index in [1.807, 2.05) is 25.3 Å². The fourth-order valence-electron chi connectivity index (χ4n) is 2.97. The lowest BCUT2D eigenvalue weighted by Gasteiger charge is -2.05. The van der Waals surface area contributed by atoms with E-state index < -0.39 is 15.7 Å². The van der Waals surface area contributed by atoms with E-state index in [2.05, 4.69) is 20.4 Å². The molecule has 0 saturated heterocycles. The molecule has 158 valence electrons. The molecular weight excluding hydrogens is 436 g/mol. The molecule has 1 amide bonds. The minimum absolute atomic E-state index is 0.123. The van der Waals surface area contributed by atoms with Crippen molar-refractivity contribution in [2.45, 2.75) is 18.7 Å². The Bertz CT molecular complexity index is 1390. The highest BCUT2D eigenvalue weighted by Crippen LogP contribution is 2.29. The van der Waals surface area contributed by atoms with Crippen LogP contribution in [0.25, 0.3) is 22.7 Å². The number of aryl methyl sites for hydroxylation is 1. The van der Waals surface area contributed by atoms with E-state index in [0.29, 0.717) is 16.4 Å². The second-order valence-corrected chi connectivity index (χ2v) is 9.84. The predicted molar refractivity (Wildman–Crippen MR) is 118 cm³/mol. The summed E-state index contributed by atoms with van der Waals surface area (Å²) in [6.45, 7) is 3.98. The van der Waals surface area contributed by atoms with E-state index in [0.717, 1.165) is 23.1 Å². The van der Waals surface area contributed by atoms with Crippen LogP contribution < -0.4 is 5.32 Å². The Morgan fingerprint density at radius 3 is 2.77 bits per heavy atom. The Hall–Kier alpha value is -3.37. The summed E-state index contributed by atoms with van der Waals surface area (Å²) >= 11 is 1.28. The van der Waals surface area contributed by atoms with Crippen LogP contribution in [0.1, 0.15) is 21.5 Å². The Kier molecular flexibility index (Phi) is 5.42. The van der Waals surface area contributed by atoms with E-state index in [1.165, 1.54) is 29.7 Å². The molecule has 8 nitrogen and oxygen atoms in total. The molecule has 0 aliphatic rings. The van der Waals surface area contributed by atoms with Gasteiger partial charge in [0.15, 0.2) is 20.7 Å². The van der Waals surface area contributed by atoms with Gasteiger partial charge in [0.2, 0.25) is 0 Å². The van der Waals surface area contributed by atoms with Crippen molar-refractivity contribution in [1.82, 2.24) is 15.1 Å². The lowest BCUT2D eigenvalue weighted by molar-refractivity contribution is 0.102. The molecule has 0 atom stereocenters. The quantitative estimate of drug-likeness (QED) is 0.482. The number of sulfone groups is 1. The van der Waals surface area contributed by atoms with E-state index in [1.54, 1.807) is 18.3 Å². The van der Waals surface area contributed by atoms with Gasteiger partial charge in [-0.05, 0) is 43.2 Å². The molecule has 0 saturated carbocycles. The number of rotatable bonds is 5. The van der Waals surface area contributed by atoms with E-state index in [4.69, 9.17) is 4.52 Å². The first-order valence-electron chi connectivity index (χ1n) is 9.18. The molecule has 10 heteroatoms. The number of anilines is 1. The van der Waals surface area contributed by atoms with Crippen molar-refractivity contribution in [3.05, 3.63) is 64.8 Å². The zero-order valence-electron chi connectivity index (χ0n) is 16.9. The Balaban J connectivity index is 1.60. The molecule has 0 aliphatic carbocycles. The third-order valence-corrected chi connectivity index (χ3v) is 6.65. The van der Waals surface area contributed by atoms with Crippen molar-refractivity contribution in [2.24, 2.45) is 0 Å². The number of nitrogens with one attached hydrogen (secondary N) is 1. The Labute approximate surface area is 182 Å². The lowest BCUT2D eigenvalue weighted by Crippen LogP contribution is -2.12. The molecule has 3 aromatic heterocycles. The summed E-state index contributed by atoms with van der Waals surface area (Å²) in [5.41, 5.74) is 4.18. The van der Waals surface area contributed by atoms with Crippen molar-refractivity contribution < 1.29 is 17.7 Å². The minimum atomic E-state index is -3.41. The van der Waals surface area contributed by atoms with E-state index >= 15 is 0 Å². The van der Waals surface area contributed by atoms with Crippen LogP contribution in [0.3, 0.4) is 0 Å². The smallest absolute Gasteiger partial charge is 0.263 e. The number of nitrogens with zero attached hydrogens (tertiary/aromatic N) is 3. The molecule has 1 N–H and O–H groups in total. The fourth-order valence-corrected chi connectivity index (χ4v) is 4.33. The minimum Gasteiger partial charge on any atom is -0.355 e. The van der Waals surface area contributed by atoms with Gasteiger partial charge in [0.1, 0.15) is 11.3 Å². The average Bonchev–Trinajstić information content (AvgIpc) is 3.39. The second kappa shape index (κ2) is 8.05. The number of hydrogen-bond acceptors (Lipinski definition) is 8. The summed E-state index contributed by atoms with van der Waals surface area (Å²) in [7, 11) is -3.41. The lowest BCUT2D eigenvalue weighted by atomic mass is 10.1. The highest BCUT2D eigenvalue weighted by atomic mass is 32.2. The number of hydrogen-bond donors (Lipinski definition) is 1. The van der Waals surface area contributed by atoms with Crippen LogP contribution in [-0.4, -0.2) is 35.7 Å². The predicted octanol–water partition coefficient (Wildman–Crippen LogP) is 4.13. The molecule has 0 aliphatic heterocycles. The number of carbonyl (C=O) groups excluding carboxylic acids is 1. The van der Waals surface area contributed by atoms with Crippen molar-refractivity contribution in [3.8, 4) is 22.7 Å². The van der Waals surface area contributed by atoms with E-state index in [9.17, 15) is 13.2 Å². The van der Waals surface area contributed by atoms with Crippen molar-refractivity contribution in [2.75, 3.05) is 11.6 Å². The summed E-state index contributed by atoms with van der Waals surface area (Å²) in [6, 6.07) is 8.09. The molecule has 0 bridgehead atoms. The van der Waals surface area contributed by atoms with Gasteiger partial charge in [0.25, 0.3) is 5.91 Å². The van der Waals surface area contributed by atoms with Crippen LogP contribution >= 0.6 is 11.3 Å². The van der Waals surface area contributed by atoms with Crippen LogP contribution in [0, 0.1) is 13.8 Å². The highest BCUT2D eigenvalue weighted by Gasteiger charge is 2.21. The third-order valence-electron chi connectivity index (χ3n) is 4.78. The van der Waals surface area contributed by atoms with Gasteiger partial charge in [-0.1, -0.05) is 17.3 Å². The molecule has 31 heavy (non-hydrogen) atoms. The first-order valence-corrected chi connectivity index (χ1v) is 12.0. The summed E-state index contributed by atoms with van der Waals surface area (Å²) in [4.78, 5) is 21.8. The van der Waals surface area contributed by atoms with Gasteiger partial charge in [-0.3, -0.25) is 15.1 Å². The summed E-state index contributed by atoms with van der Waals surface area (Å²) in [5.74, 6) is -0.285. The zero-order valence-corrected chi connectivity index (χ0v) is 18.5. The number of aromatic nitrogens is 3.